The summed E-state index contributed by atoms with van der Waals surface area (Å²) in [6, 6.07) is -0.855. The Morgan fingerprint density at radius 2 is 0.853 bits per heavy atom. The number of nitrogens with one attached hydrogen (secondary N) is 1. The molecule has 0 heterocycles. The normalized spacial score (nSPS) is 14.0. The van der Waals surface area contributed by atoms with Crippen molar-refractivity contribution in [3.05, 3.63) is 48.6 Å². The van der Waals surface area contributed by atoms with Crippen molar-refractivity contribution in [1.82, 2.24) is 5.32 Å². The molecule has 0 aromatic rings. The standard InChI is InChI=1S/C65H123N2O7P/c1-7-10-13-16-19-22-25-28-30-31-32-33-34-35-36-37-38-39-42-45-48-51-54-57-64(68)66-62(61-73-75(70,71)72-60-59-67(4,5)6)63(56-53-50-47-44-41-27-24-21-18-15-12-9-3)74-65(69)58-55-52-49-46-43-40-29-26-23-20-17-14-11-8-2/h11,14,20,23,29,40,53,56,62-63H,7-10,12-13,15-19,21-22,24-28,30-39,41-52,54-55,57-61H2,1-6H3,(H-,66,68,70,71)/p+1/b14-11+,23-20+,40-29+,56-53-. The van der Waals surface area contributed by atoms with E-state index < -0.39 is 20.0 Å². The lowest BCUT2D eigenvalue weighted by atomic mass is 10.0. The number of esters is 1. The monoisotopic (exact) mass is 1080 g/mol. The third-order valence-corrected chi connectivity index (χ3v) is 15.3. The second kappa shape index (κ2) is 55.3. The average molecular weight is 1080 g/mol. The third-order valence-electron chi connectivity index (χ3n) is 14.3. The molecule has 0 fully saturated rings. The number of carbonyl (C=O) groups excluding carboxylic acids is 2. The molecule has 3 unspecified atom stereocenters. The number of carbonyl (C=O) groups is 2. The Kier molecular flexibility index (Phi) is 53.8. The van der Waals surface area contributed by atoms with Gasteiger partial charge in [0, 0.05) is 12.8 Å². The number of hydrogen-bond acceptors (Lipinski definition) is 6. The first kappa shape index (κ1) is 73.0. The Morgan fingerprint density at radius 1 is 0.480 bits per heavy atom. The van der Waals surface area contributed by atoms with Crippen LogP contribution in [0.15, 0.2) is 48.6 Å². The topological polar surface area (TPSA) is 111 Å². The molecule has 9 nitrogen and oxygen atoms in total. The highest BCUT2D eigenvalue weighted by molar-refractivity contribution is 7.47. The Labute approximate surface area is 465 Å². The van der Waals surface area contributed by atoms with Crippen molar-refractivity contribution in [3.63, 3.8) is 0 Å². The van der Waals surface area contributed by atoms with Crippen LogP contribution in [0.5, 0.6) is 0 Å². The van der Waals surface area contributed by atoms with Gasteiger partial charge in [-0.2, -0.15) is 0 Å². The molecule has 0 aliphatic carbocycles. The van der Waals surface area contributed by atoms with Gasteiger partial charge in [-0.05, 0) is 63.9 Å². The molecule has 0 rings (SSSR count). The zero-order valence-electron chi connectivity index (χ0n) is 50.3. The Hall–Kier alpha value is -2.03. The minimum atomic E-state index is -4.45. The third kappa shape index (κ3) is 56.5. The zero-order valence-corrected chi connectivity index (χ0v) is 51.2. The van der Waals surface area contributed by atoms with Crippen molar-refractivity contribution >= 4 is 19.7 Å². The van der Waals surface area contributed by atoms with E-state index in [9.17, 15) is 19.0 Å². The van der Waals surface area contributed by atoms with Crippen LogP contribution in [0.4, 0.5) is 0 Å². The summed E-state index contributed by atoms with van der Waals surface area (Å²) in [5.74, 6) is -0.520. The lowest BCUT2D eigenvalue weighted by molar-refractivity contribution is -0.870. The molecule has 0 saturated carbocycles. The zero-order chi connectivity index (χ0) is 55.0. The first-order chi connectivity index (χ1) is 36.4. The van der Waals surface area contributed by atoms with Gasteiger partial charge >= 0.3 is 13.8 Å². The molecule has 75 heavy (non-hydrogen) atoms. The van der Waals surface area contributed by atoms with Gasteiger partial charge in [0.15, 0.2) is 0 Å². The molecule has 1 amide bonds. The van der Waals surface area contributed by atoms with Gasteiger partial charge in [0.25, 0.3) is 0 Å². The lowest BCUT2D eigenvalue weighted by Crippen LogP contribution is -2.47. The van der Waals surface area contributed by atoms with E-state index in [4.69, 9.17) is 13.8 Å². The Bertz CT molecular complexity index is 1420. The van der Waals surface area contributed by atoms with Gasteiger partial charge in [-0.1, -0.05) is 275 Å². The number of phosphoric acid groups is 1. The minimum Gasteiger partial charge on any atom is -0.456 e. The number of unbranched alkanes of at least 4 members (excludes halogenated alkanes) is 36. The minimum absolute atomic E-state index is 0.0375. The summed E-state index contributed by atoms with van der Waals surface area (Å²) < 4.78 is 30.7. The number of amides is 1. The SMILES string of the molecule is CC/C=C/C/C=C/C/C=C/CCCCCCC(=O)OC(/C=C\CCCCCCCCCCCC)C(COP(=O)(O)OCC[N+](C)(C)C)NC(=O)CCCCCCCCCCCCCCCCCCCCCCCCC. The maximum Gasteiger partial charge on any atom is 0.472 e. The van der Waals surface area contributed by atoms with Gasteiger partial charge in [-0.15, -0.1) is 0 Å². The molecule has 0 aliphatic rings. The highest BCUT2D eigenvalue weighted by atomic mass is 31.2. The number of likely N-dealkylation sites (N-methyl/N-ethyl adjacent to an activating group) is 1. The van der Waals surface area contributed by atoms with E-state index in [2.05, 4.69) is 62.5 Å². The summed E-state index contributed by atoms with van der Waals surface area (Å²) in [5, 5.41) is 3.06. The second-order valence-electron chi connectivity index (χ2n) is 22.9. The Balaban J connectivity index is 5.13. The summed E-state index contributed by atoms with van der Waals surface area (Å²) in [6.45, 7) is 6.92. The summed E-state index contributed by atoms with van der Waals surface area (Å²) >= 11 is 0. The quantitative estimate of drug-likeness (QED) is 0.0205. The van der Waals surface area contributed by atoms with Crippen LogP contribution in [0.2, 0.25) is 0 Å². The van der Waals surface area contributed by atoms with E-state index in [0.29, 0.717) is 23.9 Å². The average Bonchev–Trinajstić information content (AvgIpc) is 3.37. The number of quaternary nitrogens is 1. The fourth-order valence-corrected chi connectivity index (χ4v) is 10.1. The van der Waals surface area contributed by atoms with Crippen LogP contribution in [-0.2, 0) is 27.9 Å². The van der Waals surface area contributed by atoms with Crippen molar-refractivity contribution in [2.45, 2.75) is 315 Å². The molecule has 10 heteroatoms. The molecule has 0 spiro atoms. The van der Waals surface area contributed by atoms with E-state index in [1.54, 1.807) is 0 Å². The highest BCUT2D eigenvalue weighted by Crippen LogP contribution is 2.43. The number of hydrogen-bond donors (Lipinski definition) is 2. The van der Waals surface area contributed by atoms with Gasteiger partial charge in [0.2, 0.25) is 5.91 Å². The largest absolute Gasteiger partial charge is 0.472 e. The molecule has 0 aromatic carbocycles. The molecule has 0 bridgehead atoms. The molecule has 0 aliphatic heterocycles. The van der Waals surface area contributed by atoms with E-state index in [1.165, 1.54) is 180 Å². The van der Waals surface area contributed by atoms with Crippen LogP contribution >= 0.6 is 7.82 Å². The van der Waals surface area contributed by atoms with E-state index in [1.807, 2.05) is 33.3 Å². The first-order valence-electron chi connectivity index (χ1n) is 32.0. The predicted octanol–water partition coefficient (Wildman–Crippen LogP) is 19.7. The van der Waals surface area contributed by atoms with Crippen molar-refractivity contribution in [2.75, 3.05) is 40.9 Å². The molecular weight excluding hydrogens is 952 g/mol. The van der Waals surface area contributed by atoms with E-state index >= 15 is 0 Å². The number of nitrogens with zero attached hydrogens (tertiary/aromatic N) is 1. The van der Waals surface area contributed by atoms with E-state index in [0.717, 1.165) is 83.5 Å². The molecule has 0 aromatic heterocycles. The first-order valence-corrected chi connectivity index (χ1v) is 33.5. The van der Waals surface area contributed by atoms with Crippen molar-refractivity contribution in [1.29, 1.82) is 0 Å². The number of allylic oxidation sites excluding steroid dienone is 7. The molecule has 0 saturated heterocycles. The van der Waals surface area contributed by atoms with Gasteiger partial charge in [-0.25, -0.2) is 4.57 Å². The van der Waals surface area contributed by atoms with Crippen LogP contribution in [0, 0.1) is 0 Å². The fraction of sp³-hybridized carbons (Fsp3) is 0.846. The summed E-state index contributed by atoms with van der Waals surface area (Å²) in [7, 11) is 1.49. The molecule has 0 radical (unpaired) electrons. The van der Waals surface area contributed by atoms with Crippen LogP contribution in [0.1, 0.15) is 303 Å². The maximum absolute atomic E-state index is 13.6. The van der Waals surface area contributed by atoms with E-state index in [-0.39, 0.29) is 31.5 Å². The molecule has 3 atom stereocenters. The fourth-order valence-electron chi connectivity index (χ4n) is 9.37. The summed E-state index contributed by atoms with van der Waals surface area (Å²) in [6.07, 6.45) is 68.3. The molecule has 2 N–H and O–H groups in total. The van der Waals surface area contributed by atoms with Crippen LogP contribution in [0.25, 0.3) is 0 Å². The molecular formula is C65H124N2O7P+. The van der Waals surface area contributed by atoms with Gasteiger partial charge < -0.3 is 19.4 Å². The number of ether oxygens (including phenoxy) is 1. The van der Waals surface area contributed by atoms with Crippen LogP contribution < -0.4 is 5.32 Å². The van der Waals surface area contributed by atoms with Crippen molar-refractivity contribution in [2.24, 2.45) is 0 Å². The number of rotatable bonds is 58. The maximum atomic E-state index is 13.6. The Morgan fingerprint density at radius 3 is 1.28 bits per heavy atom. The van der Waals surface area contributed by atoms with Gasteiger partial charge in [0.1, 0.15) is 19.3 Å². The second-order valence-corrected chi connectivity index (χ2v) is 24.4. The predicted molar refractivity (Wildman–Crippen MR) is 323 cm³/mol. The summed E-state index contributed by atoms with van der Waals surface area (Å²) in [4.78, 5) is 37.7. The highest BCUT2D eigenvalue weighted by Gasteiger charge is 2.30. The van der Waals surface area contributed by atoms with Crippen LogP contribution in [-0.4, -0.2) is 74.3 Å². The van der Waals surface area contributed by atoms with Crippen molar-refractivity contribution < 1.29 is 37.3 Å². The molecule has 440 valence electrons. The van der Waals surface area contributed by atoms with Gasteiger partial charge in [-0.3, -0.25) is 18.6 Å². The lowest BCUT2D eigenvalue weighted by Gasteiger charge is -2.27. The van der Waals surface area contributed by atoms with Crippen molar-refractivity contribution in [3.8, 4) is 0 Å². The smallest absolute Gasteiger partial charge is 0.456 e. The van der Waals surface area contributed by atoms with Gasteiger partial charge in [0.05, 0.1) is 33.8 Å². The number of phosphoric ester groups is 1. The van der Waals surface area contributed by atoms with Crippen LogP contribution in [0.3, 0.4) is 0 Å². The summed E-state index contributed by atoms with van der Waals surface area (Å²) in [5.41, 5.74) is 0.